The van der Waals surface area contributed by atoms with Crippen LogP contribution < -0.4 is 16.0 Å². The van der Waals surface area contributed by atoms with Crippen LogP contribution in [0.25, 0.3) is 0 Å². The van der Waals surface area contributed by atoms with E-state index < -0.39 is 5.97 Å². The van der Waals surface area contributed by atoms with E-state index >= 15 is 0 Å². The van der Waals surface area contributed by atoms with Gasteiger partial charge in [0.25, 0.3) is 0 Å². The minimum atomic E-state index is -0.818. The lowest BCUT2D eigenvalue weighted by Crippen LogP contribution is -2.39. The minimum absolute atomic E-state index is 0.0134. The van der Waals surface area contributed by atoms with E-state index in [4.69, 9.17) is 5.11 Å². The highest BCUT2D eigenvalue weighted by atomic mass is 16.4. The number of rotatable bonds is 10. The molecule has 0 aliphatic heterocycles. The molecule has 0 heterocycles. The van der Waals surface area contributed by atoms with E-state index in [1.165, 1.54) is 0 Å². The maximum absolute atomic E-state index is 11.5. The number of urea groups is 1. The fourth-order valence-corrected chi connectivity index (χ4v) is 1.92. The molecule has 0 aromatic rings. The van der Waals surface area contributed by atoms with Crippen molar-refractivity contribution in [1.29, 1.82) is 0 Å². The summed E-state index contributed by atoms with van der Waals surface area (Å²) in [5.74, 6) is -0.410. The van der Waals surface area contributed by atoms with Crippen molar-refractivity contribution in [3.63, 3.8) is 0 Å². The highest BCUT2D eigenvalue weighted by Gasteiger charge is 2.15. The molecule has 0 saturated carbocycles. The molecule has 0 aliphatic carbocycles. The molecular weight excluding hydrogens is 246 g/mol. The van der Waals surface area contributed by atoms with E-state index in [0.717, 1.165) is 19.4 Å². The first kappa shape index (κ1) is 17.7. The highest BCUT2D eigenvalue weighted by Crippen LogP contribution is 2.14. The fourth-order valence-electron chi connectivity index (χ4n) is 1.92. The summed E-state index contributed by atoms with van der Waals surface area (Å²) in [5, 5.41) is 17.3. The molecule has 1 unspecified atom stereocenters. The maximum atomic E-state index is 11.5. The number of carbonyl (C=O) groups is 2. The second-order valence-electron chi connectivity index (χ2n) is 5.19. The van der Waals surface area contributed by atoms with Gasteiger partial charge in [0.2, 0.25) is 0 Å². The van der Waals surface area contributed by atoms with Gasteiger partial charge >= 0.3 is 12.0 Å². The molecule has 6 nitrogen and oxygen atoms in total. The standard InChI is InChI=1S/C13H27N3O3/c1-10(2)7-11(8-12(17)18)9-16-13(19)15-6-4-5-14-3/h10-11,14H,4-9H2,1-3H3,(H,17,18)(H2,15,16,19). The van der Waals surface area contributed by atoms with Crippen molar-refractivity contribution in [3.05, 3.63) is 0 Å². The first-order valence-electron chi connectivity index (χ1n) is 6.83. The monoisotopic (exact) mass is 273 g/mol. The van der Waals surface area contributed by atoms with Crippen molar-refractivity contribution >= 4 is 12.0 Å². The number of amides is 2. The van der Waals surface area contributed by atoms with Crippen LogP contribution in [0.5, 0.6) is 0 Å². The van der Waals surface area contributed by atoms with E-state index in [9.17, 15) is 9.59 Å². The lowest BCUT2D eigenvalue weighted by molar-refractivity contribution is -0.138. The molecule has 6 heteroatoms. The third-order valence-electron chi connectivity index (χ3n) is 2.71. The molecule has 1 atom stereocenters. The number of hydrogen-bond donors (Lipinski definition) is 4. The van der Waals surface area contributed by atoms with Gasteiger partial charge in [-0.15, -0.1) is 0 Å². The minimum Gasteiger partial charge on any atom is -0.481 e. The zero-order valence-electron chi connectivity index (χ0n) is 12.2. The molecule has 4 N–H and O–H groups in total. The SMILES string of the molecule is CNCCCNC(=O)NCC(CC(=O)O)CC(C)C. The Balaban J connectivity index is 3.88. The smallest absolute Gasteiger partial charge is 0.314 e. The van der Waals surface area contributed by atoms with Crippen molar-refractivity contribution in [1.82, 2.24) is 16.0 Å². The molecule has 0 aliphatic rings. The summed E-state index contributed by atoms with van der Waals surface area (Å²) in [6, 6.07) is -0.227. The van der Waals surface area contributed by atoms with E-state index in [1.54, 1.807) is 0 Å². The largest absolute Gasteiger partial charge is 0.481 e. The van der Waals surface area contributed by atoms with Crippen molar-refractivity contribution in [2.75, 3.05) is 26.7 Å². The van der Waals surface area contributed by atoms with Gasteiger partial charge in [-0.3, -0.25) is 4.79 Å². The summed E-state index contributed by atoms with van der Waals surface area (Å²) in [4.78, 5) is 22.2. The topological polar surface area (TPSA) is 90.5 Å². The van der Waals surface area contributed by atoms with Gasteiger partial charge in [-0.05, 0) is 38.3 Å². The van der Waals surface area contributed by atoms with Crippen LogP contribution in [-0.4, -0.2) is 43.8 Å². The van der Waals surface area contributed by atoms with Crippen molar-refractivity contribution in [2.24, 2.45) is 11.8 Å². The Morgan fingerprint density at radius 3 is 2.37 bits per heavy atom. The Hall–Kier alpha value is -1.30. The number of aliphatic carboxylic acids is 1. The molecule has 0 aromatic carbocycles. The second-order valence-corrected chi connectivity index (χ2v) is 5.19. The second kappa shape index (κ2) is 10.6. The predicted octanol–water partition coefficient (Wildman–Crippen LogP) is 1.03. The third-order valence-corrected chi connectivity index (χ3v) is 2.71. The number of carbonyl (C=O) groups excluding carboxylic acids is 1. The summed E-state index contributed by atoms with van der Waals surface area (Å²) >= 11 is 0. The van der Waals surface area contributed by atoms with Crippen molar-refractivity contribution < 1.29 is 14.7 Å². The number of hydrogen-bond acceptors (Lipinski definition) is 3. The molecule has 0 saturated heterocycles. The molecule has 0 bridgehead atoms. The zero-order chi connectivity index (χ0) is 14.7. The van der Waals surface area contributed by atoms with E-state index in [-0.39, 0.29) is 18.4 Å². The van der Waals surface area contributed by atoms with E-state index in [0.29, 0.717) is 19.0 Å². The fraction of sp³-hybridized carbons (Fsp3) is 0.846. The first-order valence-corrected chi connectivity index (χ1v) is 6.83. The van der Waals surface area contributed by atoms with Crippen LogP contribution in [0.2, 0.25) is 0 Å². The van der Waals surface area contributed by atoms with E-state index in [1.807, 2.05) is 20.9 Å². The molecule has 0 spiro atoms. The Kier molecular flexibility index (Phi) is 9.88. The average molecular weight is 273 g/mol. The van der Waals surface area contributed by atoms with Gasteiger partial charge in [0.05, 0.1) is 0 Å². The van der Waals surface area contributed by atoms with Crippen LogP contribution in [0, 0.1) is 11.8 Å². The van der Waals surface area contributed by atoms with Crippen molar-refractivity contribution in [2.45, 2.75) is 33.1 Å². The first-order chi connectivity index (χ1) is 8.95. The lowest BCUT2D eigenvalue weighted by Gasteiger charge is -2.18. The quantitative estimate of drug-likeness (QED) is 0.448. The van der Waals surface area contributed by atoms with Crippen LogP contribution in [0.15, 0.2) is 0 Å². The summed E-state index contributed by atoms with van der Waals surface area (Å²) in [6.45, 7) is 5.97. The summed E-state index contributed by atoms with van der Waals surface area (Å²) in [6.07, 6.45) is 1.76. The summed E-state index contributed by atoms with van der Waals surface area (Å²) in [5.41, 5.74) is 0. The van der Waals surface area contributed by atoms with Crippen molar-refractivity contribution in [3.8, 4) is 0 Å². The molecule has 0 rings (SSSR count). The van der Waals surface area contributed by atoms with Gasteiger partial charge in [0, 0.05) is 19.5 Å². The Bertz CT molecular complexity index is 270. The maximum Gasteiger partial charge on any atom is 0.314 e. The normalized spacial score (nSPS) is 12.2. The highest BCUT2D eigenvalue weighted by molar-refractivity contribution is 5.74. The molecule has 112 valence electrons. The molecular formula is C13H27N3O3. The lowest BCUT2D eigenvalue weighted by atomic mass is 9.94. The third kappa shape index (κ3) is 11.5. The zero-order valence-corrected chi connectivity index (χ0v) is 12.2. The van der Waals surface area contributed by atoms with Gasteiger partial charge < -0.3 is 21.1 Å². The van der Waals surface area contributed by atoms with Crippen LogP contribution in [-0.2, 0) is 4.79 Å². The van der Waals surface area contributed by atoms with Crippen LogP contribution >= 0.6 is 0 Å². The van der Waals surface area contributed by atoms with Crippen LogP contribution in [0.3, 0.4) is 0 Å². The summed E-state index contributed by atoms with van der Waals surface area (Å²) in [7, 11) is 1.86. The molecule has 0 radical (unpaired) electrons. The van der Waals surface area contributed by atoms with Gasteiger partial charge in [-0.1, -0.05) is 13.8 Å². The van der Waals surface area contributed by atoms with Gasteiger partial charge in [0.1, 0.15) is 0 Å². The Labute approximate surface area is 115 Å². The van der Waals surface area contributed by atoms with Crippen LogP contribution in [0.1, 0.15) is 33.1 Å². The molecule has 2 amide bonds. The molecule has 0 aromatic heterocycles. The number of nitrogens with one attached hydrogen (secondary N) is 3. The average Bonchev–Trinajstić information content (AvgIpc) is 2.30. The number of carboxylic acids is 1. The van der Waals surface area contributed by atoms with E-state index in [2.05, 4.69) is 16.0 Å². The van der Waals surface area contributed by atoms with Gasteiger partial charge in [-0.25, -0.2) is 4.79 Å². The van der Waals surface area contributed by atoms with Gasteiger partial charge in [0.15, 0.2) is 0 Å². The number of carboxylic acid groups (broad SMARTS) is 1. The van der Waals surface area contributed by atoms with Crippen LogP contribution in [0.4, 0.5) is 4.79 Å². The molecule has 0 fully saturated rings. The Morgan fingerprint density at radius 2 is 1.84 bits per heavy atom. The van der Waals surface area contributed by atoms with Gasteiger partial charge in [-0.2, -0.15) is 0 Å². The Morgan fingerprint density at radius 1 is 1.16 bits per heavy atom. The predicted molar refractivity (Wildman–Crippen MR) is 75.1 cm³/mol. The summed E-state index contributed by atoms with van der Waals surface area (Å²) < 4.78 is 0. The molecule has 19 heavy (non-hydrogen) atoms.